The molecule has 0 aromatic heterocycles. The molecule has 0 amide bonds. The van der Waals surface area contributed by atoms with E-state index in [1.807, 2.05) is 0 Å². The van der Waals surface area contributed by atoms with Gasteiger partial charge in [0.05, 0.1) is 9.82 Å². The lowest BCUT2D eigenvalue weighted by Crippen LogP contribution is -2.30. The van der Waals surface area contributed by atoms with E-state index < -0.39 is 26.5 Å². The van der Waals surface area contributed by atoms with Crippen molar-refractivity contribution in [2.75, 3.05) is 13.1 Å². The Kier molecular flexibility index (Phi) is 6.90. The average molecular weight is 461 g/mol. The summed E-state index contributed by atoms with van der Waals surface area (Å²) in [6.07, 6.45) is 0. The summed E-state index contributed by atoms with van der Waals surface area (Å²) in [7, 11) is -3.84. The molecule has 2 aromatic rings. The van der Waals surface area contributed by atoms with Crippen LogP contribution in [0.5, 0.6) is 5.75 Å². The van der Waals surface area contributed by atoms with Crippen molar-refractivity contribution in [1.29, 1.82) is 0 Å². The Labute approximate surface area is 165 Å². The third-order valence-electron chi connectivity index (χ3n) is 3.87. The van der Waals surface area contributed by atoms with Gasteiger partial charge < -0.3 is 4.74 Å². The van der Waals surface area contributed by atoms with Crippen LogP contribution in [0.25, 0.3) is 0 Å². The lowest BCUT2D eigenvalue weighted by atomic mass is 10.2. The molecule has 0 aliphatic heterocycles. The minimum absolute atomic E-state index is 0.138. The first-order valence-electron chi connectivity index (χ1n) is 8.06. The maximum absolute atomic E-state index is 13.9. The summed E-state index contributed by atoms with van der Waals surface area (Å²) in [5.74, 6) is -0.659. The Bertz CT molecular complexity index is 948. The van der Waals surface area contributed by atoms with Crippen LogP contribution in [-0.2, 0) is 16.6 Å². The molecule has 10 heteroatoms. The van der Waals surface area contributed by atoms with Gasteiger partial charge in [0.25, 0.3) is 0 Å². The van der Waals surface area contributed by atoms with Gasteiger partial charge in [0.2, 0.25) is 10.0 Å². The van der Waals surface area contributed by atoms with E-state index in [1.54, 1.807) is 19.9 Å². The molecule has 0 saturated heterocycles. The minimum Gasteiger partial charge on any atom is -0.482 e. The SMILES string of the molecule is CCN(CC)S(=O)(=O)c1ccc(OCc2ccc(Br)cc2F)c([N+](=O)[O-])c1. The molecule has 0 N–H and O–H groups in total. The molecule has 27 heavy (non-hydrogen) atoms. The number of halogens is 2. The molecule has 0 spiro atoms. The van der Waals surface area contributed by atoms with Crippen LogP contribution >= 0.6 is 15.9 Å². The van der Waals surface area contributed by atoms with Crippen molar-refractivity contribution < 1.29 is 22.5 Å². The molecule has 0 unspecified atom stereocenters. The number of hydrogen-bond acceptors (Lipinski definition) is 5. The van der Waals surface area contributed by atoms with Crippen molar-refractivity contribution in [3.63, 3.8) is 0 Å². The molecule has 0 atom stereocenters. The summed E-state index contributed by atoms with van der Waals surface area (Å²) < 4.78 is 46.1. The Morgan fingerprint density at radius 2 is 1.85 bits per heavy atom. The van der Waals surface area contributed by atoms with Crippen molar-refractivity contribution in [3.05, 3.63) is 62.4 Å². The fourth-order valence-electron chi connectivity index (χ4n) is 2.43. The lowest BCUT2D eigenvalue weighted by Gasteiger charge is -2.18. The van der Waals surface area contributed by atoms with Crippen LogP contribution in [0.3, 0.4) is 0 Å². The van der Waals surface area contributed by atoms with Crippen molar-refractivity contribution in [3.8, 4) is 5.75 Å². The zero-order valence-electron chi connectivity index (χ0n) is 14.7. The minimum atomic E-state index is -3.84. The van der Waals surface area contributed by atoms with Gasteiger partial charge in [-0.05, 0) is 24.3 Å². The Morgan fingerprint density at radius 3 is 2.41 bits per heavy atom. The second kappa shape index (κ2) is 8.77. The predicted octanol–water partition coefficient (Wildman–Crippen LogP) is 4.11. The Morgan fingerprint density at radius 1 is 1.19 bits per heavy atom. The molecule has 7 nitrogen and oxygen atoms in total. The first kappa shape index (κ1) is 21.3. The van der Waals surface area contributed by atoms with Crippen molar-refractivity contribution in [2.45, 2.75) is 25.3 Å². The average Bonchev–Trinajstić information content (AvgIpc) is 2.61. The van der Waals surface area contributed by atoms with E-state index in [2.05, 4.69) is 15.9 Å². The molecule has 2 aromatic carbocycles. The monoisotopic (exact) mass is 460 g/mol. The van der Waals surface area contributed by atoms with Crippen LogP contribution in [-0.4, -0.2) is 30.7 Å². The highest BCUT2D eigenvalue weighted by Crippen LogP contribution is 2.31. The number of hydrogen-bond donors (Lipinski definition) is 0. The summed E-state index contributed by atoms with van der Waals surface area (Å²) in [4.78, 5) is 10.4. The molecule has 0 heterocycles. The third kappa shape index (κ3) is 4.82. The fraction of sp³-hybridized carbons (Fsp3) is 0.294. The number of nitrogens with zero attached hydrogens (tertiary/aromatic N) is 2. The molecule has 2 rings (SSSR count). The zero-order valence-corrected chi connectivity index (χ0v) is 17.1. The normalized spacial score (nSPS) is 11.6. The standard InChI is InChI=1S/C17H18BrFN2O5S/c1-3-20(4-2)27(24,25)14-7-8-17(16(10-14)21(22)23)26-11-12-5-6-13(18)9-15(12)19/h5-10H,3-4,11H2,1-2H3. The van der Waals surface area contributed by atoms with Gasteiger partial charge in [-0.3, -0.25) is 10.1 Å². The fourth-order valence-corrected chi connectivity index (χ4v) is 4.24. The van der Waals surface area contributed by atoms with Gasteiger partial charge in [0, 0.05) is 29.2 Å². The van der Waals surface area contributed by atoms with E-state index in [1.165, 1.54) is 28.6 Å². The third-order valence-corrected chi connectivity index (χ3v) is 6.41. The van der Waals surface area contributed by atoms with Crippen LogP contribution in [0.4, 0.5) is 10.1 Å². The summed E-state index contributed by atoms with van der Waals surface area (Å²) in [6, 6.07) is 7.79. The van der Waals surface area contributed by atoms with Crippen LogP contribution in [0.2, 0.25) is 0 Å². The topological polar surface area (TPSA) is 89.8 Å². The van der Waals surface area contributed by atoms with Gasteiger partial charge in [-0.15, -0.1) is 0 Å². The number of benzene rings is 2. The number of nitro benzene ring substituents is 1. The van der Waals surface area contributed by atoms with Gasteiger partial charge in [0.1, 0.15) is 12.4 Å². The van der Waals surface area contributed by atoms with E-state index >= 15 is 0 Å². The van der Waals surface area contributed by atoms with Crippen molar-refractivity contribution in [1.82, 2.24) is 4.31 Å². The van der Waals surface area contributed by atoms with Crippen molar-refractivity contribution in [2.24, 2.45) is 0 Å². The van der Waals surface area contributed by atoms with E-state index in [-0.39, 0.29) is 35.9 Å². The number of nitro groups is 1. The highest BCUT2D eigenvalue weighted by atomic mass is 79.9. The molecule has 0 bridgehead atoms. The molecule has 0 saturated carbocycles. The molecular weight excluding hydrogens is 443 g/mol. The van der Waals surface area contributed by atoms with Gasteiger partial charge >= 0.3 is 5.69 Å². The first-order chi connectivity index (χ1) is 12.7. The summed E-state index contributed by atoms with van der Waals surface area (Å²) in [6.45, 7) is 3.61. The largest absolute Gasteiger partial charge is 0.482 e. The van der Waals surface area contributed by atoms with Crippen LogP contribution in [0.1, 0.15) is 19.4 Å². The van der Waals surface area contributed by atoms with Crippen LogP contribution in [0, 0.1) is 15.9 Å². The number of rotatable bonds is 8. The second-order valence-corrected chi connectivity index (χ2v) is 8.35. The van der Waals surface area contributed by atoms with E-state index in [0.29, 0.717) is 4.47 Å². The van der Waals surface area contributed by atoms with Gasteiger partial charge in [0.15, 0.2) is 5.75 Å². The van der Waals surface area contributed by atoms with Gasteiger partial charge in [-0.25, -0.2) is 12.8 Å². The van der Waals surface area contributed by atoms with Crippen LogP contribution in [0.15, 0.2) is 45.8 Å². The summed E-state index contributed by atoms with van der Waals surface area (Å²) in [5.41, 5.74) is -0.284. The molecule has 0 radical (unpaired) electrons. The molecular formula is C17H18BrFN2O5S. The van der Waals surface area contributed by atoms with Crippen molar-refractivity contribution >= 4 is 31.6 Å². The molecule has 0 aliphatic carbocycles. The highest BCUT2D eigenvalue weighted by Gasteiger charge is 2.26. The number of ether oxygens (including phenoxy) is 1. The first-order valence-corrected chi connectivity index (χ1v) is 10.3. The predicted molar refractivity (Wildman–Crippen MR) is 102 cm³/mol. The summed E-state index contributed by atoms with van der Waals surface area (Å²) >= 11 is 3.14. The zero-order chi connectivity index (χ0) is 20.2. The van der Waals surface area contributed by atoms with E-state index in [9.17, 15) is 22.9 Å². The maximum Gasteiger partial charge on any atom is 0.312 e. The Hall–Kier alpha value is -2.04. The molecule has 146 valence electrons. The van der Waals surface area contributed by atoms with E-state index in [0.717, 1.165) is 6.07 Å². The van der Waals surface area contributed by atoms with E-state index in [4.69, 9.17) is 4.74 Å². The lowest BCUT2D eigenvalue weighted by molar-refractivity contribution is -0.386. The number of sulfonamides is 1. The van der Waals surface area contributed by atoms with Gasteiger partial charge in [-0.2, -0.15) is 4.31 Å². The molecule has 0 aliphatic rings. The smallest absolute Gasteiger partial charge is 0.312 e. The maximum atomic E-state index is 13.9. The summed E-state index contributed by atoms with van der Waals surface area (Å²) in [5, 5.41) is 11.4. The molecule has 0 fully saturated rings. The Balaban J connectivity index is 2.34. The van der Waals surface area contributed by atoms with Crippen LogP contribution < -0.4 is 4.74 Å². The quantitative estimate of drug-likeness (QED) is 0.436. The van der Waals surface area contributed by atoms with Gasteiger partial charge in [-0.1, -0.05) is 35.8 Å². The second-order valence-electron chi connectivity index (χ2n) is 5.50. The highest BCUT2D eigenvalue weighted by molar-refractivity contribution is 9.10.